The smallest absolute Gasteiger partial charge is 0.405 e. The average Bonchev–Trinajstić information content (AvgIpc) is 2.87. The van der Waals surface area contributed by atoms with Gasteiger partial charge in [-0.3, -0.25) is 4.79 Å². The summed E-state index contributed by atoms with van der Waals surface area (Å²) < 4.78 is 94.6. The molecule has 1 aromatic heterocycles. The summed E-state index contributed by atoms with van der Waals surface area (Å²) in [4.78, 5) is 20.2. The van der Waals surface area contributed by atoms with E-state index < -0.39 is 46.1 Å². The number of fused-ring (bicyclic) bond motifs is 1. The van der Waals surface area contributed by atoms with Crippen LogP contribution >= 0.6 is 0 Å². The Bertz CT molecular complexity index is 1500. The van der Waals surface area contributed by atoms with Crippen molar-refractivity contribution < 1.29 is 40.4 Å². The molecule has 0 fully saturated rings. The molecule has 1 unspecified atom stereocenters. The second-order valence-corrected chi connectivity index (χ2v) is 11.6. The Balaban J connectivity index is 1.85. The summed E-state index contributed by atoms with van der Waals surface area (Å²) in [5, 5.41) is 4.43. The lowest BCUT2D eigenvalue weighted by Crippen LogP contribution is -2.41. The van der Waals surface area contributed by atoms with E-state index in [2.05, 4.69) is 19.6 Å². The van der Waals surface area contributed by atoms with Crippen LogP contribution in [0.1, 0.15) is 26.7 Å². The highest BCUT2D eigenvalue weighted by molar-refractivity contribution is 7.93. The fourth-order valence-corrected chi connectivity index (χ4v) is 4.91. The van der Waals surface area contributed by atoms with Crippen molar-refractivity contribution in [2.24, 2.45) is 4.36 Å². The number of benzene rings is 2. The summed E-state index contributed by atoms with van der Waals surface area (Å²) in [7, 11) is -2.68. The molecule has 0 bridgehead atoms. The standard InChI is InChI=1S/C26H30F5N5O4S/c1-4-8-39-9-5-10-41(3,38)36-18-12-19(28)23-21(13-18)33-15-34-24(23)35-20-7-6-17(27)11-22(20)40-16(2)25(37)32-14-26(29,30)31/h6-7,11-13,15-16H,4-5,8-10,14H2,1-3H3,(H,32,37)(H,33,34,35)/t16-,41?/m1/s1. The summed E-state index contributed by atoms with van der Waals surface area (Å²) in [5.41, 5.74) is 0.301. The lowest BCUT2D eigenvalue weighted by Gasteiger charge is -2.19. The average molecular weight is 604 g/mol. The van der Waals surface area contributed by atoms with E-state index in [0.29, 0.717) is 19.6 Å². The minimum absolute atomic E-state index is 0.0463. The number of halogens is 5. The molecule has 1 heterocycles. The van der Waals surface area contributed by atoms with Crippen molar-refractivity contribution in [3.8, 4) is 5.75 Å². The van der Waals surface area contributed by atoms with Gasteiger partial charge in [0.2, 0.25) is 0 Å². The Morgan fingerprint density at radius 1 is 1.15 bits per heavy atom. The van der Waals surface area contributed by atoms with Crippen LogP contribution in [0.4, 0.5) is 39.1 Å². The highest BCUT2D eigenvalue weighted by atomic mass is 32.2. The third kappa shape index (κ3) is 9.78. The van der Waals surface area contributed by atoms with Gasteiger partial charge in [-0.05, 0) is 38.0 Å². The van der Waals surface area contributed by atoms with E-state index in [4.69, 9.17) is 9.47 Å². The molecule has 0 radical (unpaired) electrons. The maximum atomic E-state index is 15.3. The second kappa shape index (κ2) is 13.9. The predicted molar refractivity (Wildman–Crippen MR) is 145 cm³/mol. The molecular weight excluding hydrogens is 573 g/mol. The molecule has 3 aromatic rings. The first-order valence-electron chi connectivity index (χ1n) is 12.6. The molecule has 0 aliphatic rings. The van der Waals surface area contributed by atoms with E-state index in [1.807, 2.05) is 6.92 Å². The third-order valence-corrected chi connectivity index (χ3v) is 7.11. The minimum atomic E-state index is -4.62. The van der Waals surface area contributed by atoms with Crippen LogP contribution in [0.15, 0.2) is 41.0 Å². The summed E-state index contributed by atoms with van der Waals surface area (Å²) in [6, 6.07) is 5.74. The number of carbonyl (C=O) groups excluding carboxylic acids is 1. The Morgan fingerprint density at radius 3 is 2.61 bits per heavy atom. The zero-order valence-electron chi connectivity index (χ0n) is 22.6. The summed E-state index contributed by atoms with van der Waals surface area (Å²) in [5.74, 6) is -2.63. The molecule has 0 saturated heterocycles. The van der Waals surface area contributed by atoms with Crippen LogP contribution in [0.3, 0.4) is 0 Å². The van der Waals surface area contributed by atoms with Gasteiger partial charge in [-0.1, -0.05) is 6.92 Å². The van der Waals surface area contributed by atoms with Crippen molar-refractivity contribution in [3.63, 3.8) is 0 Å². The van der Waals surface area contributed by atoms with Crippen LogP contribution in [0.2, 0.25) is 0 Å². The van der Waals surface area contributed by atoms with Gasteiger partial charge in [0, 0.05) is 47.1 Å². The number of rotatable bonds is 13. The number of hydrogen-bond acceptors (Lipinski definition) is 8. The van der Waals surface area contributed by atoms with Crippen molar-refractivity contribution in [2.45, 2.75) is 39.0 Å². The molecule has 15 heteroatoms. The maximum Gasteiger partial charge on any atom is 0.405 e. The molecular formula is C26H30F5N5O4S. The summed E-state index contributed by atoms with van der Waals surface area (Å²) in [6.07, 6.45) is -2.04. The second-order valence-electron chi connectivity index (χ2n) is 9.12. The number of nitrogens with zero attached hydrogens (tertiary/aromatic N) is 3. The predicted octanol–water partition coefficient (Wildman–Crippen LogP) is 5.64. The van der Waals surface area contributed by atoms with Gasteiger partial charge >= 0.3 is 6.18 Å². The van der Waals surface area contributed by atoms with Crippen molar-refractivity contribution in [1.82, 2.24) is 15.3 Å². The zero-order valence-corrected chi connectivity index (χ0v) is 23.4. The molecule has 0 spiro atoms. The van der Waals surface area contributed by atoms with Gasteiger partial charge in [-0.2, -0.15) is 17.5 Å². The number of aromatic nitrogens is 2. The van der Waals surface area contributed by atoms with Crippen LogP contribution in [0.5, 0.6) is 5.75 Å². The highest BCUT2D eigenvalue weighted by Gasteiger charge is 2.29. The van der Waals surface area contributed by atoms with Crippen LogP contribution in [-0.4, -0.2) is 64.1 Å². The van der Waals surface area contributed by atoms with Crippen LogP contribution in [-0.2, 0) is 19.3 Å². The molecule has 9 nitrogen and oxygen atoms in total. The van der Waals surface area contributed by atoms with Crippen LogP contribution in [0.25, 0.3) is 10.9 Å². The van der Waals surface area contributed by atoms with Crippen LogP contribution < -0.4 is 15.4 Å². The monoisotopic (exact) mass is 603 g/mol. The molecule has 41 heavy (non-hydrogen) atoms. The lowest BCUT2D eigenvalue weighted by atomic mass is 10.2. The van der Waals surface area contributed by atoms with Gasteiger partial charge in [0.15, 0.2) is 6.10 Å². The Labute approximate surface area is 234 Å². The third-order valence-electron chi connectivity index (χ3n) is 5.47. The van der Waals surface area contributed by atoms with E-state index in [1.165, 1.54) is 25.3 Å². The Kier molecular flexibility index (Phi) is 10.8. The molecule has 0 saturated carbocycles. The van der Waals surface area contributed by atoms with Gasteiger partial charge < -0.3 is 20.1 Å². The first-order valence-corrected chi connectivity index (χ1v) is 14.7. The van der Waals surface area contributed by atoms with Gasteiger partial charge in [-0.25, -0.2) is 23.0 Å². The number of ether oxygens (including phenoxy) is 2. The van der Waals surface area contributed by atoms with Crippen molar-refractivity contribution in [1.29, 1.82) is 0 Å². The van der Waals surface area contributed by atoms with E-state index in [9.17, 15) is 26.6 Å². The number of alkyl halides is 3. The molecule has 2 aromatic carbocycles. The molecule has 2 atom stereocenters. The topological polar surface area (TPSA) is 115 Å². The Hall–Kier alpha value is -3.59. The number of anilines is 2. The van der Waals surface area contributed by atoms with Gasteiger partial charge in [-0.15, -0.1) is 0 Å². The normalized spacial score (nSPS) is 13.9. The summed E-state index contributed by atoms with van der Waals surface area (Å²) in [6.45, 7) is 2.66. The number of amides is 1. The van der Waals surface area contributed by atoms with E-state index in [0.717, 1.165) is 30.9 Å². The van der Waals surface area contributed by atoms with Gasteiger partial charge in [0.05, 0.1) is 22.3 Å². The Morgan fingerprint density at radius 2 is 1.90 bits per heavy atom. The molecule has 0 aliphatic heterocycles. The van der Waals surface area contributed by atoms with Gasteiger partial charge in [0.25, 0.3) is 5.91 Å². The molecule has 224 valence electrons. The minimum Gasteiger partial charge on any atom is -0.479 e. The number of carbonyl (C=O) groups is 1. The number of nitrogens with one attached hydrogen (secondary N) is 2. The first kappa shape index (κ1) is 31.9. The molecule has 1 amide bonds. The molecule has 3 rings (SSSR count). The maximum absolute atomic E-state index is 15.3. The summed E-state index contributed by atoms with van der Waals surface area (Å²) >= 11 is 0. The molecule has 0 aliphatic carbocycles. The largest absolute Gasteiger partial charge is 0.479 e. The first-order chi connectivity index (χ1) is 19.3. The van der Waals surface area contributed by atoms with Crippen LogP contribution in [0, 0.1) is 11.6 Å². The SMILES string of the molecule is CCCOCCCS(C)(=O)=Nc1cc(F)c2c(Nc3ccc(F)cc3O[C@H](C)C(=O)NCC(F)(F)F)ncnc2c1. The van der Waals surface area contributed by atoms with Crippen molar-refractivity contribution in [2.75, 3.05) is 37.1 Å². The fraction of sp³-hybridized carbons (Fsp3) is 0.423. The highest BCUT2D eigenvalue weighted by Crippen LogP contribution is 2.34. The zero-order chi connectivity index (χ0) is 30.2. The van der Waals surface area contributed by atoms with Crippen molar-refractivity contribution in [3.05, 3.63) is 48.3 Å². The molecule has 2 N–H and O–H groups in total. The van der Waals surface area contributed by atoms with E-state index in [-0.39, 0.29) is 39.6 Å². The van der Waals surface area contributed by atoms with Crippen molar-refractivity contribution >= 4 is 43.7 Å². The fourth-order valence-electron chi connectivity index (χ4n) is 3.62. The quantitative estimate of drug-likeness (QED) is 0.192. The number of hydrogen-bond donors (Lipinski definition) is 2. The van der Waals surface area contributed by atoms with Gasteiger partial charge in [0.1, 0.15) is 36.1 Å². The van der Waals surface area contributed by atoms with E-state index in [1.54, 1.807) is 5.32 Å². The van der Waals surface area contributed by atoms with E-state index >= 15 is 4.39 Å². The lowest BCUT2D eigenvalue weighted by molar-refractivity contribution is -0.142.